The standard InChI is InChI=1S/C37H44N6O6.ClH/c1-24-12-15-31(33(21-24)49-20-7-5-6-11-34(44)43-18-16-41(2)17-19-43)42(3)37(47)25-13-14-29(32(22-25)48-4)40-36(46)26-9-8-10-28-27(26)23-30(39-28)35(38)45;/h8-10,12-15,21-23,39H,5-7,11,16-20H2,1-4H3,(H2,38,45)(H,40,46);1H. The number of carbonyl (C=O) groups is 4. The largest absolute Gasteiger partial charge is 0.495 e. The Hall–Kier alpha value is -5.07. The van der Waals surface area contributed by atoms with Crippen molar-refractivity contribution in [2.75, 3.05) is 64.2 Å². The number of aryl methyl sites for hydroxylation is 1. The number of rotatable bonds is 13. The summed E-state index contributed by atoms with van der Waals surface area (Å²) in [4.78, 5) is 59.8. The maximum absolute atomic E-state index is 13.7. The topological polar surface area (TPSA) is 150 Å². The molecule has 0 aliphatic carbocycles. The van der Waals surface area contributed by atoms with Crippen molar-refractivity contribution >= 4 is 58.3 Å². The van der Waals surface area contributed by atoms with Crippen LogP contribution in [0, 0.1) is 6.92 Å². The van der Waals surface area contributed by atoms with Gasteiger partial charge in [0.25, 0.3) is 17.7 Å². The van der Waals surface area contributed by atoms with Crippen LogP contribution in [0.4, 0.5) is 11.4 Å². The fraction of sp³-hybridized carbons (Fsp3) is 0.351. The van der Waals surface area contributed by atoms with Crippen LogP contribution in [0.2, 0.25) is 0 Å². The van der Waals surface area contributed by atoms with Gasteiger partial charge < -0.3 is 40.2 Å². The highest BCUT2D eigenvalue weighted by molar-refractivity contribution is 6.14. The number of fused-ring (bicyclic) bond motifs is 1. The van der Waals surface area contributed by atoms with Crippen molar-refractivity contribution in [1.82, 2.24) is 14.8 Å². The highest BCUT2D eigenvalue weighted by atomic mass is 35.5. The molecule has 1 aliphatic heterocycles. The number of nitrogens with zero attached hydrogens (tertiary/aromatic N) is 3. The number of amides is 4. The Balaban J connectivity index is 0.00000562. The van der Waals surface area contributed by atoms with E-state index in [0.717, 1.165) is 51.0 Å². The molecule has 13 heteroatoms. The van der Waals surface area contributed by atoms with Crippen molar-refractivity contribution in [2.45, 2.75) is 32.6 Å². The minimum absolute atomic E-state index is 0. The molecule has 266 valence electrons. The number of aromatic amines is 1. The number of piperazine rings is 1. The Morgan fingerprint density at radius 3 is 2.42 bits per heavy atom. The quantitative estimate of drug-likeness (QED) is 0.161. The van der Waals surface area contributed by atoms with E-state index in [0.29, 0.717) is 57.9 Å². The van der Waals surface area contributed by atoms with E-state index >= 15 is 0 Å². The minimum Gasteiger partial charge on any atom is -0.495 e. The fourth-order valence-corrected chi connectivity index (χ4v) is 5.87. The third-order valence-electron chi connectivity index (χ3n) is 8.80. The van der Waals surface area contributed by atoms with Crippen molar-refractivity contribution in [3.8, 4) is 11.5 Å². The van der Waals surface area contributed by atoms with Gasteiger partial charge >= 0.3 is 0 Å². The van der Waals surface area contributed by atoms with Gasteiger partial charge in [-0.2, -0.15) is 0 Å². The first-order valence-corrected chi connectivity index (χ1v) is 16.4. The number of ether oxygens (including phenoxy) is 2. The summed E-state index contributed by atoms with van der Waals surface area (Å²) in [7, 11) is 5.22. The van der Waals surface area contributed by atoms with E-state index in [-0.39, 0.29) is 29.9 Å². The van der Waals surface area contributed by atoms with Crippen LogP contribution in [0.25, 0.3) is 10.9 Å². The Bertz CT molecular complexity index is 1850. The summed E-state index contributed by atoms with van der Waals surface area (Å²) in [6, 6.07) is 17.1. The van der Waals surface area contributed by atoms with Crippen LogP contribution in [-0.2, 0) is 4.79 Å². The van der Waals surface area contributed by atoms with Gasteiger partial charge in [0.05, 0.1) is 25.1 Å². The van der Waals surface area contributed by atoms with Gasteiger partial charge in [-0.3, -0.25) is 19.2 Å². The summed E-state index contributed by atoms with van der Waals surface area (Å²) in [5.41, 5.74) is 8.90. The molecule has 12 nitrogen and oxygen atoms in total. The highest BCUT2D eigenvalue weighted by Gasteiger charge is 2.22. The molecule has 0 atom stereocenters. The Morgan fingerprint density at radius 1 is 0.940 bits per heavy atom. The molecule has 2 heterocycles. The number of methoxy groups -OCH3 is 1. The molecule has 1 aromatic heterocycles. The molecule has 0 radical (unpaired) electrons. The summed E-state index contributed by atoms with van der Waals surface area (Å²) in [6.45, 7) is 5.85. The van der Waals surface area contributed by atoms with Gasteiger partial charge in [-0.25, -0.2) is 0 Å². The minimum atomic E-state index is -0.625. The lowest BCUT2D eigenvalue weighted by Gasteiger charge is -2.32. The molecule has 4 amide bonds. The zero-order chi connectivity index (χ0) is 35.1. The fourth-order valence-electron chi connectivity index (χ4n) is 5.87. The Kier molecular flexibility index (Phi) is 12.9. The van der Waals surface area contributed by atoms with Crippen LogP contribution in [0.1, 0.15) is 62.5 Å². The highest BCUT2D eigenvalue weighted by Crippen LogP contribution is 2.32. The van der Waals surface area contributed by atoms with Crippen LogP contribution in [0.3, 0.4) is 0 Å². The molecule has 50 heavy (non-hydrogen) atoms. The number of carbonyl (C=O) groups excluding carboxylic acids is 4. The zero-order valence-electron chi connectivity index (χ0n) is 28.9. The predicted octanol–water partition coefficient (Wildman–Crippen LogP) is 5.25. The first-order valence-electron chi connectivity index (χ1n) is 16.4. The number of hydrogen-bond acceptors (Lipinski definition) is 7. The van der Waals surface area contributed by atoms with Crippen molar-refractivity contribution in [2.24, 2.45) is 5.73 Å². The van der Waals surface area contributed by atoms with E-state index in [1.165, 1.54) is 12.0 Å². The van der Waals surface area contributed by atoms with Crippen molar-refractivity contribution in [3.63, 3.8) is 0 Å². The van der Waals surface area contributed by atoms with E-state index < -0.39 is 11.8 Å². The van der Waals surface area contributed by atoms with Gasteiger partial charge in [0.2, 0.25) is 5.91 Å². The molecular weight excluding hydrogens is 660 g/mol. The second-order valence-electron chi connectivity index (χ2n) is 12.4. The Labute approximate surface area is 298 Å². The van der Waals surface area contributed by atoms with Gasteiger partial charge in [-0.1, -0.05) is 12.1 Å². The van der Waals surface area contributed by atoms with E-state index in [4.69, 9.17) is 15.2 Å². The maximum Gasteiger partial charge on any atom is 0.265 e. The predicted molar refractivity (Wildman–Crippen MR) is 197 cm³/mol. The number of likely N-dealkylation sites (N-methyl/N-ethyl adjacent to an activating group) is 1. The van der Waals surface area contributed by atoms with Crippen LogP contribution in [0.15, 0.2) is 60.7 Å². The molecule has 0 unspecified atom stereocenters. The number of H-pyrrole nitrogens is 1. The molecule has 1 fully saturated rings. The van der Waals surface area contributed by atoms with E-state index in [2.05, 4.69) is 22.2 Å². The molecule has 1 aliphatic rings. The second-order valence-corrected chi connectivity index (χ2v) is 12.4. The number of nitrogens with two attached hydrogens (primary N) is 1. The summed E-state index contributed by atoms with van der Waals surface area (Å²) in [6.07, 6.45) is 3.01. The lowest BCUT2D eigenvalue weighted by molar-refractivity contribution is -0.132. The third-order valence-corrected chi connectivity index (χ3v) is 8.80. The van der Waals surface area contributed by atoms with Crippen molar-refractivity contribution in [1.29, 1.82) is 0 Å². The van der Waals surface area contributed by atoms with Gasteiger partial charge in [-0.15, -0.1) is 12.4 Å². The first-order chi connectivity index (χ1) is 23.5. The molecule has 1 saturated heterocycles. The lowest BCUT2D eigenvalue weighted by Crippen LogP contribution is -2.47. The number of benzene rings is 3. The molecule has 0 bridgehead atoms. The number of primary amides is 1. The van der Waals surface area contributed by atoms with Gasteiger partial charge in [-0.05, 0) is 87.3 Å². The average Bonchev–Trinajstić information content (AvgIpc) is 3.55. The zero-order valence-corrected chi connectivity index (χ0v) is 29.7. The van der Waals surface area contributed by atoms with Gasteiger partial charge in [0, 0.05) is 61.7 Å². The van der Waals surface area contributed by atoms with E-state index in [1.54, 1.807) is 49.5 Å². The number of halogens is 1. The molecule has 3 aromatic carbocycles. The molecule has 5 rings (SSSR count). The van der Waals surface area contributed by atoms with E-state index in [1.807, 2.05) is 30.0 Å². The van der Waals surface area contributed by atoms with Crippen LogP contribution in [-0.4, -0.2) is 92.4 Å². The van der Waals surface area contributed by atoms with Crippen LogP contribution in [0.5, 0.6) is 11.5 Å². The lowest BCUT2D eigenvalue weighted by atomic mass is 10.1. The number of hydrogen-bond donors (Lipinski definition) is 3. The number of anilines is 2. The maximum atomic E-state index is 13.7. The summed E-state index contributed by atoms with van der Waals surface area (Å²) in [5, 5.41) is 3.40. The third kappa shape index (κ3) is 8.93. The monoisotopic (exact) mass is 704 g/mol. The SMILES string of the molecule is COc1cc(C(=O)N(C)c2ccc(C)cc2OCCCCCC(=O)N2CCN(C)CC2)ccc1NC(=O)c1cccc2[nH]c(C(N)=O)cc12.Cl. The first kappa shape index (κ1) is 37.7. The van der Waals surface area contributed by atoms with Crippen molar-refractivity contribution < 1.29 is 28.7 Å². The molecule has 4 N–H and O–H groups in total. The smallest absolute Gasteiger partial charge is 0.265 e. The average molecular weight is 705 g/mol. The second kappa shape index (κ2) is 17.0. The molecule has 0 saturated carbocycles. The number of nitrogens with one attached hydrogen (secondary N) is 2. The van der Waals surface area contributed by atoms with Crippen molar-refractivity contribution in [3.05, 3.63) is 83.0 Å². The molecule has 4 aromatic rings. The Morgan fingerprint density at radius 2 is 1.70 bits per heavy atom. The number of unbranched alkanes of at least 4 members (excludes halogenated alkanes) is 2. The van der Waals surface area contributed by atoms with Crippen LogP contribution < -0.4 is 25.4 Å². The number of aromatic nitrogens is 1. The normalized spacial score (nSPS) is 13.0. The molecular formula is C37H45ClN6O6. The molecule has 0 spiro atoms. The summed E-state index contributed by atoms with van der Waals surface area (Å²) < 4.78 is 11.7. The van der Waals surface area contributed by atoms with Gasteiger partial charge in [0.15, 0.2) is 0 Å². The van der Waals surface area contributed by atoms with Crippen LogP contribution >= 0.6 is 12.4 Å². The van der Waals surface area contributed by atoms with Gasteiger partial charge in [0.1, 0.15) is 17.2 Å². The summed E-state index contributed by atoms with van der Waals surface area (Å²) >= 11 is 0. The van der Waals surface area contributed by atoms with E-state index in [9.17, 15) is 19.2 Å². The summed E-state index contributed by atoms with van der Waals surface area (Å²) in [5.74, 6) is -0.213.